The lowest BCUT2D eigenvalue weighted by atomic mass is 10.1. The molecule has 0 saturated heterocycles. The lowest BCUT2D eigenvalue weighted by Crippen LogP contribution is -2.28. The van der Waals surface area contributed by atoms with Crippen LogP contribution in [0.1, 0.15) is 11.3 Å². The average Bonchev–Trinajstić information content (AvgIpc) is 2.62. The van der Waals surface area contributed by atoms with Crippen molar-refractivity contribution in [2.24, 2.45) is 0 Å². The Balaban J connectivity index is 1.82. The highest BCUT2D eigenvalue weighted by Gasteiger charge is 2.21. The largest absolute Gasteiger partial charge is 0.347 e. The molecule has 8 heteroatoms. The zero-order valence-electron chi connectivity index (χ0n) is 15.0. The van der Waals surface area contributed by atoms with Crippen LogP contribution in [0.4, 0.5) is 5.95 Å². The van der Waals surface area contributed by atoms with Crippen LogP contribution in [-0.4, -0.2) is 48.8 Å². The van der Waals surface area contributed by atoms with Crippen molar-refractivity contribution >= 4 is 26.9 Å². The van der Waals surface area contributed by atoms with E-state index in [1.807, 2.05) is 38.4 Å². The third kappa shape index (κ3) is 3.97. The van der Waals surface area contributed by atoms with Crippen LogP contribution in [0.2, 0.25) is 0 Å². The maximum Gasteiger partial charge on any atom is 0.225 e. The van der Waals surface area contributed by atoms with E-state index in [1.54, 1.807) is 36.5 Å². The number of hydrogen-bond acceptors (Lipinski definition) is 6. The lowest BCUT2D eigenvalue weighted by Gasteiger charge is -2.18. The third-order valence-electron chi connectivity index (χ3n) is 4.01. The Hall–Kier alpha value is -2.58. The number of anilines is 1. The van der Waals surface area contributed by atoms with Crippen LogP contribution >= 0.6 is 0 Å². The maximum atomic E-state index is 12.8. The summed E-state index contributed by atoms with van der Waals surface area (Å²) in [4.78, 5) is 14.6. The number of aromatic nitrogens is 3. The fourth-order valence-corrected chi connectivity index (χ4v) is 3.78. The first-order chi connectivity index (χ1) is 12.4. The molecule has 1 aromatic carbocycles. The van der Waals surface area contributed by atoms with E-state index in [0.29, 0.717) is 22.7 Å². The summed E-state index contributed by atoms with van der Waals surface area (Å²) in [7, 11) is 1.72. The van der Waals surface area contributed by atoms with E-state index in [0.717, 1.165) is 5.39 Å². The molecule has 0 aliphatic carbocycles. The van der Waals surface area contributed by atoms with Gasteiger partial charge in [-0.3, -0.25) is 4.98 Å². The molecule has 2 aromatic heterocycles. The number of nitrogens with zero attached hydrogens (tertiary/aromatic N) is 5. The van der Waals surface area contributed by atoms with Gasteiger partial charge in [0, 0.05) is 38.9 Å². The van der Waals surface area contributed by atoms with Crippen LogP contribution in [0.25, 0.3) is 10.9 Å². The normalized spacial score (nSPS) is 11.8. The average molecular weight is 371 g/mol. The molecule has 0 atom stereocenters. The van der Waals surface area contributed by atoms with Crippen LogP contribution in [-0.2, 0) is 22.3 Å². The summed E-state index contributed by atoms with van der Waals surface area (Å²) in [6.45, 7) is 0.184. The first kappa shape index (κ1) is 18.2. The first-order valence-corrected chi connectivity index (χ1v) is 9.73. The Morgan fingerprint density at radius 3 is 2.50 bits per heavy atom. The van der Waals surface area contributed by atoms with E-state index in [4.69, 9.17) is 0 Å². The molecule has 3 aromatic rings. The van der Waals surface area contributed by atoms with Crippen molar-refractivity contribution in [3.63, 3.8) is 0 Å². The van der Waals surface area contributed by atoms with Gasteiger partial charge in [0.15, 0.2) is 0 Å². The summed E-state index contributed by atoms with van der Waals surface area (Å²) >= 11 is 0. The molecule has 26 heavy (non-hydrogen) atoms. The number of rotatable bonds is 6. The van der Waals surface area contributed by atoms with Gasteiger partial charge in [0.05, 0.1) is 23.5 Å². The Kier molecular flexibility index (Phi) is 5.15. The van der Waals surface area contributed by atoms with Crippen molar-refractivity contribution in [2.45, 2.75) is 12.3 Å². The molecule has 0 aliphatic rings. The van der Waals surface area contributed by atoms with Crippen molar-refractivity contribution in [3.05, 3.63) is 60.0 Å². The van der Waals surface area contributed by atoms with Crippen molar-refractivity contribution < 1.29 is 8.42 Å². The van der Waals surface area contributed by atoms with Gasteiger partial charge in [-0.25, -0.2) is 18.4 Å². The predicted molar refractivity (Wildman–Crippen MR) is 102 cm³/mol. The number of fused-ring (bicyclic) bond motifs is 1. The molecule has 136 valence electrons. The molecule has 0 aliphatic heterocycles. The van der Waals surface area contributed by atoms with Gasteiger partial charge >= 0.3 is 0 Å². The smallest absolute Gasteiger partial charge is 0.225 e. The van der Waals surface area contributed by atoms with E-state index in [-0.39, 0.29) is 12.3 Å². The van der Waals surface area contributed by atoms with Gasteiger partial charge in [0.2, 0.25) is 16.0 Å². The molecular formula is C18H21N5O2S. The van der Waals surface area contributed by atoms with Gasteiger partial charge in [-0.2, -0.15) is 4.31 Å². The molecule has 0 saturated carbocycles. The molecule has 0 radical (unpaired) electrons. The number of hydrogen-bond donors (Lipinski definition) is 0. The second-order valence-corrected chi connectivity index (χ2v) is 8.32. The monoisotopic (exact) mass is 371 g/mol. The molecule has 0 fully saturated rings. The van der Waals surface area contributed by atoms with Gasteiger partial charge < -0.3 is 4.90 Å². The number of benzene rings is 1. The summed E-state index contributed by atoms with van der Waals surface area (Å²) in [5, 5.41) is 0.925. The molecule has 0 amide bonds. The number of para-hydroxylation sites is 1. The minimum Gasteiger partial charge on any atom is -0.347 e. The molecule has 3 rings (SSSR count). The van der Waals surface area contributed by atoms with E-state index in [9.17, 15) is 8.42 Å². The van der Waals surface area contributed by atoms with Crippen LogP contribution in [0.3, 0.4) is 0 Å². The van der Waals surface area contributed by atoms with Crippen LogP contribution in [0, 0.1) is 0 Å². The van der Waals surface area contributed by atoms with Crippen LogP contribution < -0.4 is 4.90 Å². The van der Waals surface area contributed by atoms with Gasteiger partial charge in [0.1, 0.15) is 0 Å². The highest BCUT2D eigenvalue weighted by molar-refractivity contribution is 7.88. The highest BCUT2D eigenvalue weighted by atomic mass is 32.2. The molecule has 7 nitrogen and oxygen atoms in total. The Morgan fingerprint density at radius 1 is 0.962 bits per heavy atom. The summed E-state index contributed by atoms with van der Waals surface area (Å²) in [5.41, 5.74) is 2.04. The van der Waals surface area contributed by atoms with Crippen molar-refractivity contribution in [3.8, 4) is 0 Å². The topological polar surface area (TPSA) is 79.3 Å². The van der Waals surface area contributed by atoms with Crippen molar-refractivity contribution in [2.75, 3.05) is 26.0 Å². The molecule has 0 N–H and O–H groups in total. The SMILES string of the molecule is CN(C)c1nccc(CN(C)S(=O)(=O)Cc2cccc3cccnc23)n1. The van der Waals surface area contributed by atoms with Crippen molar-refractivity contribution in [1.82, 2.24) is 19.3 Å². The molecule has 0 unspecified atom stereocenters. The predicted octanol–water partition coefficient (Wildman–Crippen LogP) is 2.05. The summed E-state index contributed by atoms with van der Waals surface area (Å²) in [6.07, 6.45) is 3.30. The molecule has 2 heterocycles. The second kappa shape index (κ2) is 7.35. The lowest BCUT2D eigenvalue weighted by molar-refractivity contribution is 0.461. The molecule has 0 spiro atoms. The van der Waals surface area contributed by atoms with Crippen LogP contribution in [0.5, 0.6) is 0 Å². The fourth-order valence-electron chi connectivity index (χ4n) is 2.61. The van der Waals surface area contributed by atoms with Gasteiger partial charge in [-0.05, 0) is 17.7 Å². The third-order valence-corrected chi connectivity index (χ3v) is 5.77. The van der Waals surface area contributed by atoms with Crippen molar-refractivity contribution in [1.29, 1.82) is 0 Å². The summed E-state index contributed by atoms with van der Waals surface area (Å²) in [6, 6.07) is 11.1. The van der Waals surface area contributed by atoms with Gasteiger partial charge in [-0.15, -0.1) is 0 Å². The molecule has 0 bridgehead atoms. The van der Waals surface area contributed by atoms with Crippen LogP contribution in [0.15, 0.2) is 48.8 Å². The van der Waals surface area contributed by atoms with E-state index in [2.05, 4.69) is 15.0 Å². The zero-order valence-corrected chi connectivity index (χ0v) is 15.8. The standard InChI is InChI=1S/C18H21N5O2S/c1-22(2)18-20-11-9-16(21-18)12-23(3)26(24,25)13-15-7-4-6-14-8-5-10-19-17(14)15/h4-11H,12-13H2,1-3H3. The fraction of sp³-hybridized carbons (Fsp3) is 0.278. The first-order valence-electron chi connectivity index (χ1n) is 8.13. The quantitative estimate of drug-likeness (QED) is 0.660. The van der Waals surface area contributed by atoms with E-state index >= 15 is 0 Å². The van der Waals surface area contributed by atoms with E-state index < -0.39 is 10.0 Å². The maximum absolute atomic E-state index is 12.8. The number of pyridine rings is 1. The number of sulfonamides is 1. The minimum absolute atomic E-state index is 0.108. The highest BCUT2D eigenvalue weighted by Crippen LogP contribution is 2.20. The summed E-state index contributed by atoms with van der Waals surface area (Å²) in [5.74, 6) is 0.440. The molecular weight excluding hydrogens is 350 g/mol. The van der Waals surface area contributed by atoms with Gasteiger partial charge in [0.25, 0.3) is 0 Å². The minimum atomic E-state index is -3.52. The van der Waals surface area contributed by atoms with Gasteiger partial charge in [-0.1, -0.05) is 24.3 Å². The Labute approximate surface area is 153 Å². The second-order valence-electron chi connectivity index (χ2n) is 6.25. The summed E-state index contributed by atoms with van der Waals surface area (Å²) < 4.78 is 26.9. The zero-order chi connectivity index (χ0) is 18.7. The van der Waals surface area contributed by atoms with E-state index in [1.165, 1.54) is 4.31 Å². The Bertz CT molecular complexity index is 1020. The Morgan fingerprint density at radius 2 is 1.73 bits per heavy atom.